The highest BCUT2D eigenvalue weighted by atomic mass is 19.3. The van der Waals surface area contributed by atoms with E-state index in [1.54, 1.807) is 0 Å². The normalized spacial score (nSPS) is 14.3. The lowest BCUT2D eigenvalue weighted by Crippen LogP contribution is -2.35. The van der Waals surface area contributed by atoms with E-state index in [1.807, 2.05) is 0 Å². The fourth-order valence-electron chi connectivity index (χ4n) is 0.678. The van der Waals surface area contributed by atoms with Gasteiger partial charge < -0.3 is 14.6 Å². The first kappa shape index (κ1) is 12.0. The van der Waals surface area contributed by atoms with Crippen LogP contribution in [0.3, 0.4) is 0 Å². The zero-order valence-corrected chi connectivity index (χ0v) is 6.60. The average Bonchev–Trinajstić information content (AvgIpc) is 1.82. The van der Waals surface area contributed by atoms with Gasteiger partial charge in [-0.2, -0.15) is 0 Å². The van der Waals surface area contributed by atoms with Crippen LogP contribution in [0.25, 0.3) is 0 Å². The number of alkyl halides is 4. The summed E-state index contributed by atoms with van der Waals surface area (Å²) in [6, 6.07) is 0. The summed E-state index contributed by atoms with van der Waals surface area (Å²) in [4.78, 5) is 9.70. The lowest BCUT2D eigenvalue weighted by molar-refractivity contribution is -0.289. The summed E-state index contributed by atoms with van der Waals surface area (Å²) in [5.74, 6) is -4.24. The van der Waals surface area contributed by atoms with Crippen molar-refractivity contribution >= 4 is 6.16 Å². The molecule has 7 heteroatoms. The first-order valence-electron chi connectivity index (χ1n) is 3.29. The van der Waals surface area contributed by atoms with Gasteiger partial charge in [-0.15, -0.1) is 0 Å². The van der Waals surface area contributed by atoms with Gasteiger partial charge in [-0.3, -0.25) is 0 Å². The lowest BCUT2D eigenvalue weighted by Gasteiger charge is -2.22. The summed E-state index contributed by atoms with van der Waals surface area (Å²) in [5.41, 5.74) is 0. The van der Waals surface area contributed by atoms with Crippen LogP contribution in [0.2, 0.25) is 0 Å². The Kier molecular flexibility index (Phi) is 3.96. The van der Waals surface area contributed by atoms with E-state index in [9.17, 15) is 27.5 Å². The van der Waals surface area contributed by atoms with Gasteiger partial charge in [0.25, 0.3) is 6.16 Å². The Morgan fingerprint density at radius 3 is 2.31 bits per heavy atom. The van der Waals surface area contributed by atoms with E-state index >= 15 is 0 Å². The molecule has 0 saturated carbocycles. The third kappa shape index (κ3) is 4.54. The molecular formula is C6H7F4O3-. The highest BCUT2D eigenvalue weighted by Gasteiger charge is 2.41. The number of halogens is 4. The Morgan fingerprint density at radius 2 is 2.00 bits per heavy atom. The molecule has 13 heavy (non-hydrogen) atoms. The van der Waals surface area contributed by atoms with Gasteiger partial charge in [0.1, 0.15) is 0 Å². The molecule has 3 nitrogen and oxygen atoms in total. The maximum Gasteiger partial charge on any atom is 0.309 e. The van der Waals surface area contributed by atoms with E-state index in [2.05, 4.69) is 4.74 Å². The van der Waals surface area contributed by atoms with Gasteiger partial charge in [-0.25, -0.2) is 17.6 Å². The summed E-state index contributed by atoms with van der Waals surface area (Å²) in [7, 11) is 0. The fourth-order valence-corrected chi connectivity index (χ4v) is 0.678. The van der Waals surface area contributed by atoms with Crippen LogP contribution in [-0.4, -0.2) is 24.6 Å². The largest absolute Gasteiger partial charge is 0.546 e. The quantitative estimate of drug-likeness (QED) is 0.506. The number of hydrogen-bond donors (Lipinski definition) is 0. The SMILES string of the molecule is CC(CC(F)(F)C(F)F)OC(=O)[O-]. The second kappa shape index (κ2) is 4.29. The van der Waals surface area contributed by atoms with Crippen LogP contribution in [0.1, 0.15) is 13.3 Å². The number of carbonyl (C=O) groups excluding carboxylic acids is 1. The standard InChI is InChI=1S/C6H8F4O3/c1-3(13-5(11)12)2-6(9,10)4(7)8/h3-4H,2H2,1H3,(H,11,12)/p-1. The van der Waals surface area contributed by atoms with Crippen molar-refractivity contribution in [2.45, 2.75) is 31.8 Å². The predicted molar refractivity (Wildman–Crippen MR) is 31.5 cm³/mol. The van der Waals surface area contributed by atoms with Crippen LogP contribution in [0.4, 0.5) is 22.4 Å². The maximum atomic E-state index is 12.2. The number of hydrogen-bond acceptors (Lipinski definition) is 3. The lowest BCUT2D eigenvalue weighted by atomic mass is 10.2. The molecule has 0 amide bonds. The van der Waals surface area contributed by atoms with Crippen molar-refractivity contribution in [3.05, 3.63) is 0 Å². The van der Waals surface area contributed by atoms with Gasteiger partial charge in [0, 0.05) is 12.5 Å². The Hall–Kier alpha value is -1.01. The predicted octanol–water partition coefficient (Wildman–Crippen LogP) is 1.03. The zero-order valence-electron chi connectivity index (χ0n) is 6.60. The van der Waals surface area contributed by atoms with Crippen LogP contribution in [-0.2, 0) is 4.74 Å². The topological polar surface area (TPSA) is 49.4 Å². The van der Waals surface area contributed by atoms with Crippen LogP contribution in [0.5, 0.6) is 0 Å². The van der Waals surface area contributed by atoms with Crippen molar-refractivity contribution in [3.8, 4) is 0 Å². The van der Waals surface area contributed by atoms with Crippen molar-refractivity contribution < 1.29 is 32.2 Å². The van der Waals surface area contributed by atoms with E-state index in [0.717, 1.165) is 6.92 Å². The summed E-state index contributed by atoms with van der Waals surface area (Å²) in [6.45, 7) is 0.937. The molecule has 0 radical (unpaired) electrons. The van der Waals surface area contributed by atoms with Crippen molar-refractivity contribution in [3.63, 3.8) is 0 Å². The zero-order chi connectivity index (χ0) is 10.6. The first-order valence-corrected chi connectivity index (χ1v) is 3.29. The van der Waals surface area contributed by atoms with E-state index in [-0.39, 0.29) is 0 Å². The molecule has 0 aromatic carbocycles. The number of carboxylic acid groups (broad SMARTS) is 1. The molecule has 1 atom stereocenters. The van der Waals surface area contributed by atoms with E-state index in [0.29, 0.717) is 0 Å². The number of rotatable bonds is 4. The molecule has 0 heterocycles. The molecule has 0 N–H and O–H groups in total. The number of carbonyl (C=O) groups is 1. The first-order chi connectivity index (χ1) is 5.75. The van der Waals surface area contributed by atoms with Crippen molar-refractivity contribution in [1.29, 1.82) is 0 Å². The molecular weight excluding hydrogens is 196 g/mol. The molecule has 0 saturated heterocycles. The Morgan fingerprint density at radius 1 is 1.54 bits per heavy atom. The average molecular weight is 203 g/mol. The van der Waals surface area contributed by atoms with Gasteiger partial charge in [-0.1, -0.05) is 0 Å². The summed E-state index contributed by atoms with van der Waals surface area (Å²) >= 11 is 0. The summed E-state index contributed by atoms with van der Waals surface area (Å²) in [6.07, 6.45) is -8.73. The fraction of sp³-hybridized carbons (Fsp3) is 0.833. The van der Waals surface area contributed by atoms with Crippen molar-refractivity contribution in [1.82, 2.24) is 0 Å². The van der Waals surface area contributed by atoms with Gasteiger partial charge in [-0.05, 0) is 6.92 Å². The van der Waals surface area contributed by atoms with Crippen LogP contribution in [0.15, 0.2) is 0 Å². The van der Waals surface area contributed by atoms with Crippen LogP contribution < -0.4 is 5.11 Å². The summed E-state index contributed by atoms with van der Waals surface area (Å²) in [5, 5.41) is 9.70. The Balaban J connectivity index is 4.03. The van der Waals surface area contributed by atoms with Gasteiger partial charge >= 0.3 is 12.3 Å². The number of ether oxygens (including phenoxy) is 1. The van der Waals surface area contributed by atoms with E-state index in [4.69, 9.17) is 0 Å². The Labute approximate surface area is 71.3 Å². The molecule has 0 spiro atoms. The monoisotopic (exact) mass is 203 g/mol. The van der Waals surface area contributed by atoms with E-state index in [1.165, 1.54) is 0 Å². The maximum absolute atomic E-state index is 12.2. The third-order valence-corrected chi connectivity index (χ3v) is 1.18. The van der Waals surface area contributed by atoms with E-state index < -0.39 is 31.0 Å². The molecule has 0 aromatic heterocycles. The minimum absolute atomic E-state index is 0.937. The van der Waals surface area contributed by atoms with Gasteiger partial charge in [0.15, 0.2) is 0 Å². The highest BCUT2D eigenvalue weighted by molar-refractivity contribution is 5.54. The molecule has 0 aliphatic rings. The molecule has 0 fully saturated rings. The Bertz CT molecular complexity index is 183. The van der Waals surface area contributed by atoms with Crippen molar-refractivity contribution in [2.75, 3.05) is 0 Å². The highest BCUT2D eigenvalue weighted by Crippen LogP contribution is 2.28. The molecule has 78 valence electrons. The summed E-state index contributed by atoms with van der Waals surface area (Å²) < 4.78 is 51.2. The minimum Gasteiger partial charge on any atom is -0.546 e. The molecule has 1 unspecified atom stereocenters. The van der Waals surface area contributed by atoms with Gasteiger partial charge in [0.05, 0.1) is 0 Å². The van der Waals surface area contributed by atoms with Crippen LogP contribution >= 0.6 is 0 Å². The smallest absolute Gasteiger partial charge is 0.309 e. The molecule has 0 aliphatic carbocycles. The van der Waals surface area contributed by atoms with Crippen molar-refractivity contribution in [2.24, 2.45) is 0 Å². The van der Waals surface area contributed by atoms with Crippen LogP contribution in [0, 0.1) is 0 Å². The molecule has 0 rings (SSSR count). The third-order valence-electron chi connectivity index (χ3n) is 1.18. The molecule has 0 aliphatic heterocycles. The van der Waals surface area contributed by atoms with Gasteiger partial charge in [0.2, 0.25) is 0 Å². The minimum atomic E-state index is -4.24. The second-order valence-corrected chi connectivity index (χ2v) is 2.44. The molecule has 0 aromatic rings. The molecule has 0 bridgehead atoms. The second-order valence-electron chi connectivity index (χ2n) is 2.44.